The van der Waals surface area contributed by atoms with Gasteiger partial charge in [0.2, 0.25) is 0 Å². The Bertz CT molecular complexity index is 557. The second kappa shape index (κ2) is 9.85. The molecule has 0 saturated heterocycles. The van der Waals surface area contributed by atoms with Gasteiger partial charge in [-0.3, -0.25) is 9.69 Å². The molecule has 1 atom stereocenters. The van der Waals surface area contributed by atoms with E-state index in [4.69, 9.17) is 4.74 Å². The number of benzene rings is 2. The summed E-state index contributed by atoms with van der Waals surface area (Å²) in [6, 6.07) is 20.4. The number of aliphatic hydroxyl groups is 1. The molecular weight excluding hydrogens is 302 g/mol. The summed E-state index contributed by atoms with van der Waals surface area (Å²) in [4.78, 5) is 14.0. The van der Waals surface area contributed by atoms with Crippen molar-refractivity contribution in [1.29, 1.82) is 0 Å². The minimum Gasteiger partial charge on any atom is -0.463 e. The zero-order valence-electron chi connectivity index (χ0n) is 14.1. The van der Waals surface area contributed by atoms with E-state index in [-0.39, 0.29) is 12.6 Å². The Kier molecular flexibility index (Phi) is 7.46. The highest BCUT2D eigenvalue weighted by atomic mass is 16.5. The van der Waals surface area contributed by atoms with Crippen molar-refractivity contribution in [2.45, 2.75) is 32.5 Å². The summed E-state index contributed by atoms with van der Waals surface area (Å²) in [5.74, 6) is -0.276. The molecule has 0 saturated carbocycles. The van der Waals surface area contributed by atoms with Crippen LogP contribution in [0.5, 0.6) is 0 Å². The van der Waals surface area contributed by atoms with Gasteiger partial charge in [0.15, 0.2) is 0 Å². The normalized spacial score (nSPS) is 12.1. The van der Waals surface area contributed by atoms with Crippen LogP contribution in [0.25, 0.3) is 0 Å². The Morgan fingerprint density at radius 2 is 1.50 bits per heavy atom. The van der Waals surface area contributed by atoms with Gasteiger partial charge in [-0.05, 0) is 18.1 Å². The molecule has 24 heavy (non-hydrogen) atoms. The molecule has 128 valence electrons. The highest BCUT2D eigenvalue weighted by Crippen LogP contribution is 2.11. The van der Waals surface area contributed by atoms with E-state index in [0.29, 0.717) is 13.0 Å². The van der Waals surface area contributed by atoms with Crippen LogP contribution in [0.15, 0.2) is 60.7 Å². The van der Waals surface area contributed by atoms with Crippen LogP contribution in [-0.4, -0.2) is 35.2 Å². The monoisotopic (exact) mass is 327 g/mol. The molecule has 0 heterocycles. The summed E-state index contributed by atoms with van der Waals surface area (Å²) in [6.45, 7) is 3.82. The third-order valence-corrected chi connectivity index (χ3v) is 3.62. The largest absolute Gasteiger partial charge is 0.463 e. The van der Waals surface area contributed by atoms with Crippen molar-refractivity contribution in [3.05, 3.63) is 71.8 Å². The highest BCUT2D eigenvalue weighted by Gasteiger charge is 2.11. The molecule has 2 rings (SSSR count). The molecule has 1 N–H and O–H groups in total. The Hall–Kier alpha value is -2.17. The minimum absolute atomic E-state index is 0.0518. The highest BCUT2D eigenvalue weighted by molar-refractivity contribution is 5.69. The van der Waals surface area contributed by atoms with Crippen molar-refractivity contribution in [1.82, 2.24) is 4.90 Å². The zero-order valence-corrected chi connectivity index (χ0v) is 14.1. The number of hydrogen-bond donors (Lipinski definition) is 1. The molecule has 4 nitrogen and oxygen atoms in total. The van der Waals surface area contributed by atoms with Gasteiger partial charge in [-0.2, -0.15) is 0 Å². The lowest BCUT2D eigenvalue weighted by atomic mass is 10.1. The van der Waals surface area contributed by atoms with E-state index in [9.17, 15) is 9.90 Å². The van der Waals surface area contributed by atoms with Crippen LogP contribution < -0.4 is 0 Å². The number of hydrogen-bond acceptors (Lipinski definition) is 4. The average Bonchev–Trinajstić information content (AvgIpc) is 2.59. The fourth-order valence-corrected chi connectivity index (χ4v) is 2.43. The lowest BCUT2D eigenvalue weighted by molar-refractivity contribution is -0.146. The molecule has 4 heteroatoms. The molecular formula is C20H25NO3. The first-order valence-corrected chi connectivity index (χ1v) is 8.27. The van der Waals surface area contributed by atoms with Gasteiger partial charge >= 0.3 is 5.97 Å². The number of nitrogens with zero attached hydrogens (tertiary/aromatic N) is 1. The fraction of sp³-hybridized carbons (Fsp3) is 0.350. The number of rotatable bonds is 9. The van der Waals surface area contributed by atoms with Crippen LogP contribution in [0.1, 0.15) is 24.5 Å². The number of esters is 1. The molecule has 0 radical (unpaired) electrons. The lowest BCUT2D eigenvalue weighted by Gasteiger charge is -2.22. The number of carbonyl (C=O) groups excluding carboxylic acids is 1. The van der Waals surface area contributed by atoms with Gasteiger partial charge in [0.25, 0.3) is 0 Å². The van der Waals surface area contributed by atoms with E-state index in [1.165, 1.54) is 11.1 Å². The smallest absolute Gasteiger partial charge is 0.307 e. The van der Waals surface area contributed by atoms with Crippen LogP contribution in [0, 0.1) is 0 Å². The van der Waals surface area contributed by atoms with E-state index in [2.05, 4.69) is 29.2 Å². The maximum absolute atomic E-state index is 11.8. The van der Waals surface area contributed by atoms with Crippen LogP contribution >= 0.6 is 0 Å². The summed E-state index contributed by atoms with van der Waals surface area (Å²) < 4.78 is 5.04. The third kappa shape index (κ3) is 6.94. The first-order valence-electron chi connectivity index (χ1n) is 8.27. The maximum Gasteiger partial charge on any atom is 0.307 e. The van der Waals surface area contributed by atoms with Gasteiger partial charge in [-0.25, -0.2) is 0 Å². The quantitative estimate of drug-likeness (QED) is 0.719. The van der Waals surface area contributed by atoms with Gasteiger partial charge in [0.1, 0.15) is 6.61 Å². The Morgan fingerprint density at radius 1 is 1.00 bits per heavy atom. The topological polar surface area (TPSA) is 49.8 Å². The van der Waals surface area contributed by atoms with E-state index in [1.54, 1.807) is 6.92 Å². The van der Waals surface area contributed by atoms with Crippen molar-refractivity contribution in [3.8, 4) is 0 Å². The van der Waals surface area contributed by atoms with Gasteiger partial charge in [0.05, 0.1) is 12.5 Å². The summed E-state index contributed by atoms with van der Waals surface area (Å²) in [5.41, 5.74) is 2.43. The van der Waals surface area contributed by atoms with Crippen molar-refractivity contribution in [3.63, 3.8) is 0 Å². The SMILES string of the molecule is CC(O)COC(=O)CCN(Cc1ccccc1)Cc1ccccc1. The predicted octanol–water partition coefficient (Wildman–Crippen LogP) is 3.00. The number of carbonyl (C=O) groups is 1. The molecule has 0 aliphatic carbocycles. The standard InChI is InChI=1S/C20H25NO3/c1-17(22)16-24-20(23)12-13-21(14-18-8-4-2-5-9-18)15-19-10-6-3-7-11-19/h2-11,17,22H,12-16H2,1H3. The van der Waals surface area contributed by atoms with Gasteiger partial charge in [-0.1, -0.05) is 60.7 Å². The minimum atomic E-state index is -0.626. The Morgan fingerprint density at radius 3 is 1.96 bits per heavy atom. The summed E-state index contributed by atoms with van der Waals surface area (Å²) in [6.07, 6.45) is -0.314. The molecule has 1 unspecified atom stereocenters. The molecule has 2 aromatic rings. The molecule has 0 aliphatic rings. The molecule has 0 spiro atoms. The summed E-state index contributed by atoms with van der Waals surface area (Å²) >= 11 is 0. The predicted molar refractivity (Wildman–Crippen MR) is 94.3 cm³/mol. The maximum atomic E-state index is 11.8. The fourth-order valence-electron chi connectivity index (χ4n) is 2.43. The van der Waals surface area contributed by atoms with E-state index in [0.717, 1.165) is 13.1 Å². The zero-order chi connectivity index (χ0) is 17.2. The van der Waals surface area contributed by atoms with Crippen LogP contribution in [0.3, 0.4) is 0 Å². The van der Waals surface area contributed by atoms with Gasteiger partial charge in [0, 0.05) is 19.6 Å². The Labute approximate surface area is 143 Å². The van der Waals surface area contributed by atoms with Crippen LogP contribution in [0.2, 0.25) is 0 Å². The number of ether oxygens (including phenoxy) is 1. The van der Waals surface area contributed by atoms with Crippen molar-refractivity contribution < 1.29 is 14.6 Å². The van der Waals surface area contributed by atoms with Crippen LogP contribution in [0.4, 0.5) is 0 Å². The first-order chi connectivity index (χ1) is 11.6. The first kappa shape index (κ1) is 18.2. The molecule has 0 bridgehead atoms. The van der Waals surface area contributed by atoms with Crippen LogP contribution in [-0.2, 0) is 22.6 Å². The molecule has 0 aliphatic heterocycles. The molecule has 2 aromatic carbocycles. The van der Waals surface area contributed by atoms with Crippen molar-refractivity contribution in [2.75, 3.05) is 13.2 Å². The Balaban J connectivity index is 1.93. The number of aliphatic hydroxyl groups excluding tert-OH is 1. The second-order valence-corrected chi connectivity index (χ2v) is 5.96. The molecule has 0 amide bonds. The average molecular weight is 327 g/mol. The third-order valence-electron chi connectivity index (χ3n) is 3.62. The van der Waals surface area contributed by atoms with Crippen molar-refractivity contribution >= 4 is 5.97 Å². The van der Waals surface area contributed by atoms with Gasteiger partial charge in [-0.15, -0.1) is 0 Å². The van der Waals surface area contributed by atoms with E-state index in [1.807, 2.05) is 36.4 Å². The van der Waals surface area contributed by atoms with Crippen molar-refractivity contribution in [2.24, 2.45) is 0 Å². The van der Waals surface area contributed by atoms with E-state index < -0.39 is 6.10 Å². The lowest BCUT2D eigenvalue weighted by Crippen LogP contribution is -2.27. The van der Waals surface area contributed by atoms with E-state index >= 15 is 0 Å². The molecule has 0 aromatic heterocycles. The summed E-state index contributed by atoms with van der Waals surface area (Å²) in [7, 11) is 0. The second-order valence-electron chi connectivity index (χ2n) is 5.96. The van der Waals surface area contributed by atoms with Gasteiger partial charge < -0.3 is 9.84 Å². The molecule has 0 fully saturated rings. The summed E-state index contributed by atoms with van der Waals surface area (Å²) in [5, 5.41) is 9.18.